The number of aromatic nitrogens is 4. The first kappa shape index (κ1) is 17.8. The third-order valence-electron chi connectivity index (χ3n) is 5.15. The van der Waals surface area contributed by atoms with E-state index < -0.39 is 0 Å². The molecule has 0 spiro atoms. The summed E-state index contributed by atoms with van der Waals surface area (Å²) in [6.07, 6.45) is 4.23. The Balaban J connectivity index is 1.43. The average molecular weight is 367 g/mol. The third kappa shape index (κ3) is 3.89. The second kappa shape index (κ2) is 7.54. The average Bonchev–Trinajstić information content (AvgIpc) is 3.37. The predicted octanol–water partition coefficient (Wildman–Crippen LogP) is 1.95. The van der Waals surface area contributed by atoms with Crippen LogP contribution in [0.3, 0.4) is 0 Å². The number of hydrogen-bond donors (Lipinski definition) is 2. The maximum absolute atomic E-state index is 10.5. The number of methoxy groups -OCH3 is 1. The number of nitrogens with one attached hydrogen (secondary N) is 1. The molecule has 1 aliphatic heterocycles. The summed E-state index contributed by atoms with van der Waals surface area (Å²) < 4.78 is 7.31. The van der Waals surface area contributed by atoms with Crippen LogP contribution in [0.5, 0.6) is 5.75 Å². The van der Waals surface area contributed by atoms with Crippen molar-refractivity contribution in [2.45, 2.75) is 26.0 Å². The fraction of sp³-hybridized carbons (Fsp3) is 0.400. The molecule has 7 heteroatoms. The van der Waals surface area contributed by atoms with Gasteiger partial charge in [-0.3, -0.25) is 10.00 Å². The van der Waals surface area contributed by atoms with Crippen LogP contribution in [0, 0.1) is 12.8 Å². The van der Waals surface area contributed by atoms with Crippen molar-refractivity contribution in [1.29, 1.82) is 0 Å². The molecule has 4 rings (SSSR count). The molecule has 0 unspecified atom stereocenters. The van der Waals surface area contributed by atoms with Crippen molar-refractivity contribution >= 4 is 0 Å². The molecule has 0 bridgehead atoms. The number of nitrogens with zero attached hydrogens (tertiary/aromatic N) is 4. The highest BCUT2D eigenvalue weighted by Gasteiger charge is 2.32. The van der Waals surface area contributed by atoms with Gasteiger partial charge in [0.25, 0.3) is 0 Å². The van der Waals surface area contributed by atoms with Crippen LogP contribution in [0.4, 0.5) is 0 Å². The van der Waals surface area contributed by atoms with Gasteiger partial charge < -0.3 is 14.4 Å². The maximum Gasteiger partial charge on any atom is 0.127 e. The van der Waals surface area contributed by atoms with Crippen molar-refractivity contribution in [2.75, 3.05) is 20.2 Å². The summed E-state index contributed by atoms with van der Waals surface area (Å²) in [6, 6.07) is 9.98. The lowest BCUT2D eigenvalue weighted by atomic mass is 10.0. The van der Waals surface area contributed by atoms with Gasteiger partial charge in [-0.25, -0.2) is 4.98 Å². The topological polar surface area (TPSA) is 79.2 Å². The lowest BCUT2D eigenvalue weighted by molar-refractivity contribution is 0.140. The smallest absolute Gasteiger partial charge is 0.127 e. The Kier molecular flexibility index (Phi) is 4.96. The normalized spacial score (nSPS) is 20.3. The highest BCUT2D eigenvalue weighted by atomic mass is 16.5. The standard InChI is InChI=1S/C20H25N5O2/c1-14-9-16(23-22-14)10-15-11-24(12-19(15)26)13-20-21-7-8-25(20)17-3-5-18(27-2)6-4-17/h3-9,15,19,26H,10-13H2,1-2H3,(H,22,23)/t15-,19+/m1/s1. The molecule has 1 aromatic carbocycles. The lowest BCUT2D eigenvalue weighted by Gasteiger charge is -2.16. The Morgan fingerprint density at radius 3 is 2.78 bits per heavy atom. The third-order valence-corrected chi connectivity index (χ3v) is 5.15. The van der Waals surface area contributed by atoms with Gasteiger partial charge in [0.2, 0.25) is 0 Å². The molecule has 1 saturated heterocycles. The minimum absolute atomic E-state index is 0.192. The Hall–Kier alpha value is -2.64. The van der Waals surface area contributed by atoms with Gasteiger partial charge in [0.1, 0.15) is 11.6 Å². The van der Waals surface area contributed by atoms with Crippen LogP contribution in [-0.2, 0) is 13.0 Å². The van der Waals surface area contributed by atoms with E-state index in [0.717, 1.165) is 41.6 Å². The van der Waals surface area contributed by atoms with Gasteiger partial charge in [0.05, 0.1) is 25.5 Å². The van der Waals surface area contributed by atoms with E-state index in [0.29, 0.717) is 13.1 Å². The zero-order valence-corrected chi connectivity index (χ0v) is 15.7. The molecular weight excluding hydrogens is 342 g/mol. The molecule has 142 valence electrons. The number of imidazole rings is 1. The lowest BCUT2D eigenvalue weighted by Crippen LogP contribution is -2.23. The van der Waals surface area contributed by atoms with Gasteiger partial charge in [0.15, 0.2) is 0 Å². The molecule has 2 atom stereocenters. The zero-order valence-electron chi connectivity index (χ0n) is 15.7. The van der Waals surface area contributed by atoms with Gasteiger partial charge in [-0.05, 0) is 43.7 Å². The van der Waals surface area contributed by atoms with Gasteiger partial charge in [-0.15, -0.1) is 0 Å². The van der Waals surface area contributed by atoms with Crippen LogP contribution in [0.25, 0.3) is 5.69 Å². The molecule has 1 aliphatic rings. The van der Waals surface area contributed by atoms with Crippen LogP contribution in [0.2, 0.25) is 0 Å². The SMILES string of the molecule is COc1ccc(-n2ccnc2CN2C[C@@H](Cc3cc(C)[nH]n3)[C@@H](O)C2)cc1. The predicted molar refractivity (Wildman–Crippen MR) is 102 cm³/mol. The molecule has 1 fully saturated rings. The number of β-amino-alcohol motifs (C(OH)–C–C–N with tert-alkyl or cyclic N) is 1. The second-order valence-corrected chi connectivity index (χ2v) is 7.18. The highest BCUT2D eigenvalue weighted by Crippen LogP contribution is 2.23. The number of rotatable bonds is 6. The number of ether oxygens (including phenoxy) is 1. The Morgan fingerprint density at radius 2 is 2.07 bits per heavy atom. The molecule has 7 nitrogen and oxygen atoms in total. The van der Waals surface area contributed by atoms with Crippen LogP contribution in [-0.4, -0.2) is 56.1 Å². The van der Waals surface area contributed by atoms with E-state index in [-0.39, 0.29) is 12.0 Å². The fourth-order valence-electron chi connectivity index (χ4n) is 3.75. The summed E-state index contributed by atoms with van der Waals surface area (Å²) in [7, 11) is 1.66. The number of aliphatic hydroxyl groups is 1. The van der Waals surface area contributed by atoms with E-state index in [2.05, 4.69) is 24.6 Å². The van der Waals surface area contributed by atoms with Crippen LogP contribution in [0.1, 0.15) is 17.2 Å². The van der Waals surface area contributed by atoms with E-state index in [1.807, 2.05) is 49.6 Å². The van der Waals surface area contributed by atoms with E-state index in [4.69, 9.17) is 4.74 Å². The highest BCUT2D eigenvalue weighted by molar-refractivity contribution is 5.38. The van der Waals surface area contributed by atoms with Crippen molar-refractivity contribution in [3.8, 4) is 11.4 Å². The van der Waals surface area contributed by atoms with E-state index in [9.17, 15) is 5.11 Å². The van der Waals surface area contributed by atoms with Crippen LogP contribution in [0.15, 0.2) is 42.7 Å². The Bertz CT molecular complexity index is 886. The number of benzene rings is 1. The van der Waals surface area contributed by atoms with Crippen LogP contribution >= 0.6 is 0 Å². The summed E-state index contributed by atoms with van der Waals surface area (Å²) in [4.78, 5) is 6.79. The number of likely N-dealkylation sites (tertiary alicyclic amines) is 1. The van der Waals surface area contributed by atoms with Crippen molar-refractivity contribution in [1.82, 2.24) is 24.6 Å². The Labute approximate surface area is 158 Å². The van der Waals surface area contributed by atoms with Gasteiger partial charge in [-0.2, -0.15) is 5.10 Å². The van der Waals surface area contributed by atoms with E-state index in [1.54, 1.807) is 7.11 Å². The second-order valence-electron chi connectivity index (χ2n) is 7.18. The van der Waals surface area contributed by atoms with Crippen molar-refractivity contribution in [2.24, 2.45) is 5.92 Å². The van der Waals surface area contributed by atoms with Crippen molar-refractivity contribution < 1.29 is 9.84 Å². The number of aromatic amines is 1. The number of H-pyrrole nitrogens is 1. The quantitative estimate of drug-likeness (QED) is 0.696. The zero-order chi connectivity index (χ0) is 18.8. The summed E-state index contributed by atoms with van der Waals surface area (Å²) in [5, 5.41) is 17.8. The van der Waals surface area contributed by atoms with Crippen LogP contribution < -0.4 is 4.74 Å². The van der Waals surface area contributed by atoms with Crippen molar-refractivity contribution in [3.63, 3.8) is 0 Å². The van der Waals surface area contributed by atoms with Gasteiger partial charge in [-0.1, -0.05) is 0 Å². The molecule has 0 saturated carbocycles. The molecule has 27 heavy (non-hydrogen) atoms. The molecule has 0 aliphatic carbocycles. The first-order valence-corrected chi connectivity index (χ1v) is 9.20. The first-order valence-electron chi connectivity index (χ1n) is 9.20. The molecular formula is C20H25N5O2. The largest absolute Gasteiger partial charge is 0.497 e. The first-order chi connectivity index (χ1) is 13.1. The van der Waals surface area contributed by atoms with E-state index >= 15 is 0 Å². The minimum atomic E-state index is -0.341. The molecule has 3 aromatic rings. The summed E-state index contributed by atoms with van der Waals surface area (Å²) in [5.41, 5.74) is 3.11. The van der Waals surface area contributed by atoms with Crippen molar-refractivity contribution in [3.05, 3.63) is 59.9 Å². The molecule has 2 N–H and O–H groups in total. The molecule has 0 radical (unpaired) electrons. The number of aryl methyl sites for hydroxylation is 1. The van der Waals surface area contributed by atoms with Gasteiger partial charge in [0, 0.05) is 42.8 Å². The molecule has 2 aromatic heterocycles. The Morgan fingerprint density at radius 1 is 1.26 bits per heavy atom. The number of aliphatic hydroxyl groups excluding tert-OH is 1. The van der Waals surface area contributed by atoms with E-state index in [1.165, 1.54) is 0 Å². The summed E-state index contributed by atoms with van der Waals surface area (Å²) in [5.74, 6) is 1.99. The number of hydrogen-bond acceptors (Lipinski definition) is 5. The monoisotopic (exact) mass is 367 g/mol. The summed E-state index contributed by atoms with van der Waals surface area (Å²) >= 11 is 0. The van der Waals surface area contributed by atoms with Gasteiger partial charge >= 0.3 is 0 Å². The molecule has 3 heterocycles. The minimum Gasteiger partial charge on any atom is -0.497 e. The fourth-order valence-corrected chi connectivity index (χ4v) is 3.75. The molecule has 0 amide bonds. The maximum atomic E-state index is 10.5. The summed E-state index contributed by atoms with van der Waals surface area (Å²) in [6.45, 7) is 4.19.